The van der Waals surface area contributed by atoms with E-state index in [1.165, 1.54) is 0 Å². The summed E-state index contributed by atoms with van der Waals surface area (Å²) >= 11 is 0. The number of hydrogen-bond donors (Lipinski definition) is 2. The van der Waals surface area contributed by atoms with Crippen LogP contribution in [0.3, 0.4) is 0 Å². The van der Waals surface area contributed by atoms with Crippen LogP contribution in [0.15, 0.2) is 30.3 Å². The smallest absolute Gasteiger partial charge is 0.101 e. The van der Waals surface area contributed by atoms with E-state index in [1.54, 1.807) is 0 Å². The van der Waals surface area contributed by atoms with Crippen molar-refractivity contribution >= 4 is 0 Å². The Kier molecular flexibility index (Phi) is 3.04. The molecule has 0 saturated heterocycles. The van der Waals surface area contributed by atoms with E-state index in [-0.39, 0.29) is 12.6 Å². The molecule has 3 heteroatoms. The van der Waals surface area contributed by atoms with E-state index in [1.807, 2.05) is 30.3 Å². The average Bonchev–Trinajstić information content (AvgIpc) is 2.07. The topological polar surface area (TPSA) is 55.5 Å². The molecule has 1 atom stereocenters. The molecule has 3 nitrogen and oxygen atoms in total. The molecule has 0 saturated carbocycles. The first-order valence-electron chi connectivity index (χ1n) is 3.41. The Hall–Kier alpha value is -0.900. The highest BCUT2D eigenvalue weighted by Crippen LogP contribution is 2.08. The molecular weight excluding hydrogens is 142 g/mol. The highest BCUT2D eigenvalue weighted by molar-refractivity contribution is 5.18. The third kappa shape index (κ3) is 2.31. The molecular formula is C8H11NO2. The van der Waals surface area contributed by atoms with Gasteiger partial charge in [0.2, 0.25) is 0 Å². The molecule has 0 amide bonds. The van der Waals surface area contributed by atoms with Crippen LogP contribution in [-0.4, -0.2) is 11.9 Å². The van der Waals surface area contributed by atoms with Crippen LogP contribution in [-0.2, 0) is 4.89 Å². The molecule has 11 heavy (non-hydrogen) atoms. The first-order chi connectivity index (χ1) is 5.34. The fraction of sp³-hybridized carbons (Fsp3) is 0.250. The van der Waals surface area contributed by atoms with Gasteiger partial charge in [0.1, 0.15) is 6.61 Å². The van der Waals surface area contributed by atoms with Crippen LogP contribution in [0.5, 0.6) is 0 Å². The van der Waals surface area contributed by atoms with Crippen LogP contribution in [0.4, 0.5) is 0 Å². The monoisotopic (exact) mass is 153 g/mol. The molecule has 0 heterocycles. The van der Waals surface area contributed by atoms with Crippen LogP contribution in [0.2, 0.25) is 0 Å². The summed E-state index contributed by atoms with van der Waals surface area (Å²) in [6.07, 6.45) is 0. The summed E-state index contributed by atoms with van der Waals surface area (Å²) in [6, 6.07) is 9.24. The quantitative estimate of drug-likeness (QED) is 0.506. The van der Waals surface area contributed by atoms with Gasteiger partial charge in [-0.2, -0.15) is 0 Å². The van der Waals surface area contributed by atoms with Crippen molar-refractivity contribution in [2.75, 3.05) is 6.61 Å². The molecule has 0 radical (unpaired) electrons. The second-order valence-electron chi connectivity index (χ2n) is 2.31. The van der Waals surface area contributed by atoms with Gasteiger partial charge in [-0.05, 0) is 5.56 Å². The lowest BCUT2D eigenvalue weighted by Crippen LogP contribution is -2.15. The molecule has 0 aliphatic heterocycles. The van der Waals surface area contributed by atoms with Gasteiger partial charge in [-0.1, -0.05) is 30.3 Å². The predicted octanol–water partition coefficient (Wildman–Crippen LogP) is 1.18. The molecule has 1 rings (SSSR count). The summed E-state index contributed by atoms with van der Waals surface area (Å²) < 4.78 is 0. The highest BCUT2D eigenvalue weighted by atomic mass is 17.1. The summed E-state index contributed by atoms with van der Waals surface area (Å²) in [5.41, 5.74) is 6.58. The lowest BCUT2D eigenvalue weighted by Gasteiger charge is -2.08. The lowest BCUT2D eigenvalue weighted by atomic mass is 10.1. The molecule has 0 fully saturated rings. The number of nitrogens with two attached hydrogens (primary N) is 1. The summed E-state index contributed by atoms with van der Waals surface area (Å²) in [6.45, 7) is 0.129. The Morgan fingerprint density at radius 3 is 2.55 bits per heavy atom. The first kappa shape index (κ1) is 8.20. The Labute approximate surface area is 65.3 Å². The molecule has 0 aliphatic rings. The van der Waals surface area contributed by atoms with Crippen molar-refractivity contribution in [2.45, 2.75) is 6.04 Å². The predicted molar refractivity (Wildman–Crippen MR) is 42.0 cm³/mol. The van der Waals surface area contributed by atoms with Gasteiger partial charge in [0.05, 0.1) is 6.04 Å². The van der Waals surface area contributed by atoms with Gasteiger partial charge in [0.25, 0.3) is 0 Å². The molecule has 60 valence electrons. The lowest BCUT2D eigenvalue weighted by molar-refractivity contribution is -0.245. The van der Waals surface area contributed by atoms with Crippen molar-refractivity contribution in [1.29, 1.82) is 0 Å². The molecule has 0 aromatic heterocycles. The standard InChI is InChI=1S/C8H11NO2/c9-8(6-11-10)7-4-2-1-3-5-7/h1-5,8,10H,6,9H2/t8-/m1/s1. The summed E-state index contributed by atoms with van der Waals surface area (Å²) in [7, 11) is 0. The number of hydrogen-bond acceptors (Lipinski definition) is 3. The zero-order valence-electron chi connectivity index (χ0n) is 6.10. The van der Waals surface area contributed by atoms with Crippen LogP contribution < -0.4 is 5.73 Å². The normalized spacial score (nSPS) is 12.9. The van der Waals surface area contributed by atoms with E-state index in [2.05, 4.69) is 4.89 Å². The SMILES string of the molecule is N[C@H](COO)c1ccccc1. The van der Waals surface area contributed by atoms with Gasteiger partial charge in [0, 0.05) is 0 Å². The second-order valence-corrected chi connectivity index (χ2v) is 2.31. The Balaban J connectivity index is 2.61. The molecule has 3 N–H and O–H groups in total. The first-order valence-corrected chi connectivity index (χ1v) is 3.41. The van der Waals surface area contributed by atoms with E-state index in [4.69, 9.17) is 11.0 Å². The fourth-order valence-electron chi connectivity index (χ4n) is 0.877. The van der Waals surface area contributed by atoms with Gasteiger partial charge in [0.15, 0.2) is 0 Å². The van der Waals surface area contributed by atoms with E-state index >= 15 is 0 Å². The fourth-order valence-corrected chi connectivity index (χ4v) is 0.877. The van der Waals surface area contributed by atoms with Crippen molar-refractivity contribution in [3.63, 3.8) is 0 Å². The largest absolute Gasteiger partial charge is 0.322 e. The van der Waals surface area contributed by atoms with Gasteiger partial charge < -0.3 is 5.73 Å². The molecule has 0 aliphatic carbocycles. The minimum atomic E-state index is -0.249. The minimum Gasteiger partial charge on any atom is -0.322 e. The summed E-state index contributed by atoms with van der Waals surface area (Å²) in [4.78, 5) is 3.93. The van der Waals surface area contributed by atoms with Crippen molar-refractivity contribution < 1.29 is 10.1 Å². The van der Waals surface area contributed by atoms with Crippen molar-refractivity contribution in [3.05, 3.63) is 35.9 Å². The zero-order valence-corrected chi connectivity index (χ0v) is 6.10. The maximum absolute atomic E-state index is 8.12. The minimum absolute atomic E-state index is 0.129. The van der Waals surface area contributed by atoms with E-state index in [0.29, 0.717) is 0 Å². The van der Waals surface area contributed by atoms with Crippen molar-refractivity contribution in [1.82, 2.24) is 0 Å². The van der Waals surface area contributed by atoms with Crippen molar-refractivity contribution in [2.24, 2.45) is 5.73 Å². The molecule has 1 aromatic rings. The van der Waals surface area contributed by atoms with Gasteiger partial charge in [-0.25, -0.2) is 4.89 Å². The molecule has 0 bridgehead atoms. The maximum atomic E-state index is 8.12. The second kappa shape index (κ2) is 4.08. The third-order valence-corrected chi connectivity index (χ3v) is 1.48. The number of rotatable bonds is 3. The van der Waals surface area contributed by atoms with E-state index in [9.17, 15) is 0 Å². The number of benzene rings is 1. The Morgan fingerprint density at radius 1 is 1.36 bits per heavy atom. The van der Waals surface area contributed by atoms with Gasteiger partial charge in [-0.15, -0.1) is 0 Å². The maximum Gasteiger partial charge on any atom is 0.101 e. The van der Waals surface area contributed by atoms with Gasteiger partial charge in [-0.3, -0.25) is 5.26 Å². The Morgan fingerprint density at radius 2 is 2.00 bits per heavy atom. The van der Waals surface area contributed by atoms with Crippen molar-refractivity contribution in [3.8, 4) is 0 Å². The molecule has 0 unspecified atom stereocenters. The van der Waals surface area contributed by atoms with Crippen LogP contribution in [0, 0.1) is 0 Å². The summed E-state index contributed by atoms with van der Waals surface area (Å²) in [5, 5.41) is 8.12. The van der Waals surface area contributed by atoms with E-state index < -0.39 is 0 Å². The molecule has 0 spiro atoms. The average molecular weight is 153 g/mol. The Bertz CT molecular complexity index is 201. The van der Waals surface area contributed by atoms with Gasteiger partial charge >= 0.3 is 0 Å². The van der Waals surface area contributed by atoms with Crippen LogP contribution in [0.1, 0.15) is 11.6 Å². The summed E-state index contributed by atoms with van der Waals surface area (Å²) in [5.74, 6) is 0. The van der Waals surface area contributed by atoms with Crippen LogP contribution >= 0.6 is 0 Å². The highest BCUT2D eigenvalue weighted by Gasteiger charge is 2.03. The molecule has 1 aromatic carbocycles. The van der Waals surface area contributed by atoms with Crippen LogP contribution in [0.25, 0.3) is 0 Å². The third-order valence-electron chi connectivity index (χ3n) is 1.48. The van der Waals surface area contributed by atoms with E-state index in [0.717, 1.165) is 5.56 Å². The zero-order chi connectivity index (χ0) is 8.10.